The van der Waals surface area contributed by atoms with E-state index in [0.29, 0.717) is 6.42 Å². The smallest absolute Gasteiger partial charge is 0.307 e. The second-order valence-electron chi connectivity index (χ2n) is 3.71. The van der Waals surface area contributed by atoms with Crippen LogP contribution in [0.5, 0.6) is 0 Å². The average Bonchev–Trinajstić information content (AvgIpc) is 2.88. The predicted octanol–water partition coefficient (Wildman–Crippen LogP) is 1.72. The van der Waals surface area contributed by atoms with E-state index in [0.717, 1.165) is 10.6 Å². The Balaban J connectivity index is 1.95. The molecule has 5 heteroatoms. The SMILES string of the molecule is Cc1ccsc1NC(=O)C1CC1C(=O)O. The van der Waals surface area contributed by atoms with Gasteiger partial charge in [0.2, 0.25) is 5.91 Å². The van der Waals surface area contributed by atoms with Gasteiger partial charge in [-0.3, -0.25) is 9.59 Å². The first-order chi connectivity index (χ1) is 7.09. The summed E-state index contributed by atoms with van der Waals surface area (Å²) in [6.45, 7) is 1.91. The van der Waals surface area contributed by atoms with Crippen LogP contribution < -0.4 is 5.32 Å². The largest absolute Gasteiger partial charge is 0.481 e. The quantitative estimate of drug-likeness (QED) is 0.823. The van der Waals surface area contributed by atoms with Crippen molar-refractivity contribution in [1.82, 2.24) is 0 Å². The Morgan fingerprint density at radius 1 is 1.53 bits per heavy atom. The van der Waals surface area contributed by atoms with E-state index in [4.69, 9.17) is 5.11 Å². The molecule has 80 valence electrons. The van der Waals surface area contributed by atoms with Gasteiger partial charge in [0.25, 0.3) is 0 Å². The molecule has 1 aliphatic rings. The number of nitrogens with one attached hydrogen (secondary N) is 1. The van der Waals surface area contributed by atoms with E-state index in [9.17, 15) is 9.59 Å². The maximum Gasteiger partial charge on any atom is 0.307 e. The number of carboxylic acids is 1. The third kappa shape index (κ3) is 2.02. The van der Waals surface area contributed by atoms with E-state index in [1.807, 2.05) is 18.4 Å². The van der Waals surface area contributed by atoms with Gasteiger partial charge >= 0.3 is 5.97 Å². The first kappa shape index (κ1) is 10.2. The summed E-state index contributed by atoms with van der Waals surface area (Å²) in [4.78, 5) is 22.1. The number of hydrogen-bond acceptors (Lipinski definition) is 3. The molecule has 0 aliphatic heterocycles. The van der Waals surface area contributed by atoms with E-state index >= 15 is 0 Å². The molecule has 1 heterocycles. The topological polar surface area (TPSA) is 66.4 Å². The lowest BCUT2D eigenvalue weighted by molar-refractivity contribution is -0.139. The van der Waals surface area contributed by atoms with Crippen molar-refractivity contribution >= 4 is 28.2 Å². The highest BCUT2D eigenvalue weighted by molar-refractivity contribution is 7.14. The van der Waals surface area contributed by atoms with Crippen molar-refractivity contribution < 1.29 is 14.7 Å². The molecule has 1 aliphatic carbocycles. The van der Waals surface area contributed by atoms with E-state index in [1.54, 1.807) is 0 Å². The summed E-state index contributed by atoms with van der Waals surface area (Å²) in [7, 11) is 0. The van der Waals surface area contributed by atoms with Crippen LogP contribution in [0, 0.1) is 18.8 Å². The molecule has 0 aromatic carbocycles. The van der Waals surface area contributed by atoms with Gasteiger partial charge in [-0.05, 0) is 30.4 Å². The number of carbonyl (C=O) groups is 2. The van der Waals surface area contributed by atoms with Crippen molar-refractivity contribution in [2.24, 2.45) is 11.8 Å². The van der Waals surface area contributed by atoms with Crippen LogP contribution in [0.25, 0.3) is 0 Å². The summed E-state index contributed by atoms with van der Waals surface area (Å²) in [6.07, 6.45) is 0.464. The van der Waals surface area contributed by atoms with Crippen LogP contribution in [0.1, 0.15) is 12.0 Å². The normalized spacial score (nSPS) is 23.5. The van der Waals surface area contributed by atoms with Gasteiger partial charge in [-0.2, -0.15) is 0 Å². The van der Waals surface area contributed by atoms with Crippen molar-refractivity contribution in [3.63, 3.8) is 0 Å². The number of thiophene rings is 1. The number of aryl methyl sites for hydroxylation is 1. The van der Waals surface area contributed by atoms with Crippen LogP contribution in [-0.4, -0.2) is 17.0 Å². The number of rotatable bonds is 3. The first-order valence-corrected chi connectivity index (χ1v) is 5.55. The average molecular weight is 225 g/mol. The van der Waals surface area contributed by atoms with Gasteiger partial charge in [0.05, 0.1) is 16.8 Å². The molecular formula is C10H11NO3S. The fourth-order valence-electron chi connectivity index (χ4n) is 1.46. The summed E-state index contributed by atoms with van der Waals surface area (Å²) in [6, 6.07) is 1.92. The Kier molecular flexibility index (Phi) is 2.48. The molecule has 1 aromatic heterocycles. The predicted molar refractivity (Wildman–Crippen MR) is 56.9 cm³/mol. The lowest BCUT2D eigenvalue weighted by Crippen LogP contribution is -2.16. The van der Waals surface area contributed by atoms with Crippen LogP contribution in [0.4, 0.5) is 5.00 Å². The van der Waals surface area contributed by atoms with Crippen LogP contribution in [-0.2, 0) is 9.59 Å². The molecule has 4 nitrogen and oxygen atoms in total. The molecule has 1 amide bonds. The van der Waals surface area contributed by atoms with Gasteiger partial charge in [0.15, 0.2) is 0 Å². The fourth-order valence-corrected chi connectivity index (χ4v) is 2.28. The van der Waals surface area contributed by atoms with Gasteiger partial charge in [-0.1, -0.05) is 0 Å². The molecule has 0 radical (unpaired) electrons. The van der Waals surface area contributed by atoms with Crippen molar-refractivity contribution in [3.05, 3.63) is 17.0 Å². The highest BCUT2D eigenvalue weighted by atomic mass is 32.1. The third-order valence-corrected chi connectivity index (χ3v) is 3.48. The molecule has 2 unspecified atom stereocenters. The van der Waals surface area contributed by atoms with Gasteiger partial charge in [0.1, 0.15) is 0 Å². The lowest BCUT2D eigenvalue weighted by Gasteiger charge is -2.02. The van der Waals surface area contributed by atoms with Gasteiger partial charge in [0, 0.05) is 0 Å². The second-order valence-corrected chi connectivity index (χ2v) is 4.63. The summed E-state index contributed by atoms with van der Waals surface area (Å²) in [5, 5.41) is 14.1. The number of carboxylic acid groups (broad SMARTS) is 1. The van der Waals surface area contributed by atoms with E-state index < -0.39 is 11.9 Å². The van der Waals surface area contributed by atoms with Crippen molar-refractivity contribution in [1.29, 1.82) is 0 Å². The zero-order valence-corrected chi connectivity index (χ0v) is 9.00. The highest BCUT2D eigenvalue weighted by Gasteiger charge is 2.48. The minimum Gasteiger partial charge on any atom is -0.481 e. The standard InChI is InChI=1S/C10H11NO3S/c1-5-2-3-15-9(5)11-8(12)6-4-7(6)10(13)14/h2-3,6-7H,4H2,1H3,(H,11,12)(H,13,14). The van der Waals surface area contributed by atoms with Crippen molar-refractivity contribution in [2.75, 3.05) is 5.32 Å². The molecule has 0 saturated heterocycles. The lowest BCUT2D eigenvalue weighted by atomic mass is 10.3. The molecule has 0 spiro atoms. The zero-order valence-electron chi connectivity index (χ0n) is 8.19. The molecule has 2 atom stereocenters. The number of anilines is 1. The molecule has 0 bridgehead atoms. The minimum absolute atomic E-state index is 0.173. The minimum atomic E-state index is -0.877. The number of aliphatic carboxylic acids is 1. The van der Waals surface area contributed by atoms with Gasteiger partial charge < -0.3 is 10.4 Å². The summed E-state index contributed by atoms with van der Waals surface area (Å²) in [5.41, 5.74) is 1.01. The number of hydrogen-bond donors (Lipinski definition) is 2. The van der Waals surface area contributed by atoms with Crippen LogP contribution >= 0.6 is 11.3 Å². The van der Waals surface area contributed by atoms with Crippen LogP contribution in [0.3, 0.4) is 0 Å². The van der Waals surface area contributed by atoms with Crippen molar-refractivity contribution in [2.45, 2.75) is 13.3 Å². The van der Waals surface area contributed by atoms with Crippen molar-refractivity contribution in [3.8, 4) is 0 Å². The zero-order chi connectivity index (χ0) is 11.0. The number of carbonyl (C=O) groups excluding carboxylic acids is 1. The third-order valence-electron chi connectivity index (χ3n) is 2.54. The Bertz CT molecular complexity index is 413. The summed E-state index contributed by atoms with van der Waals surface area (Å²) < 4.78 is 0. The Morgan fingerprint density at radius 2 is 2.27 bits per heavy atom. The van der Waals surface area contributed by atoms with Crippen LogP contribution in [0.15, 0.2) is 11.4 Å². The van der Waals surface area contributed by atoms with E-state index in [-0.39, 0.29) is 11.8 Å². The monoisotopic (exact) mass is 225 g/mol. The molecule has 1 fully saturated rings. The van der Waals surface area contributed by atoms with E-state index in [1.165, 1.54) is 11.3 Å². The number of amides is 1. The fraction of sp³-hybridized carbons (Fsp3) is 0.400. The summed E-state index contributed by atoms with van der Waals surface area (Å²) in [5.74, 6) is -1.87. The second kappa shape index (κ2) is 3.66. The molecule has 2 rings (SSSR count). The molecule has 2 N–H and O–H groups in total. The molecule has 1 aromatic rings. The Hall–Kier alpha value is -1.36. The highest BCUT2D eigenvalue weighted by Crippen LogP contribution is 2.39. The molecule has 15 heavy (non-hydrogen) atoms. The maximum absolute atomic E-state index is 11.6. The molecule has 1 saturated carbocycles. The first-order valence-electron chi connectivity index (χ1n) is 4.67. The summed E-state index contributed by atoms with van der Waals surface area (Å²) >= 11 is 1.45. The van der Waals surface area contributed by atoms with Gasteiger partial charge in [-0.15, -0.1) is 11.3 Å². The Labute approximate surface area is 90.9 Å². The maximum atomic E-state index is 11.6. The molecular weight excluding hydrogens is 214 g/mol. The van der Waals surface area contributed by atoms with E-state index in [2.05, 4.69) is 5.32 Å². The Morgan fingerprint density at radius 3 is 2.73 bits per heavy atom. The van der Waals surface area contributed by atoms with Crippen LogP contribution in [0.2, 0.25) is 0 Å². The van der Waals surface area contributed by atoms with Gasteiger partial charge in [-0.25, -0.2) is 0 Å².